The van der Waals surface area contributed by atoms with Crippen LogP contribution in [0.5, 0.6) is 0 Å². The number of carbonyl (C=O) groups is 1. The highest BCUT2D eigenvalue weighted by Crippen LogP contribution is 2.17. The molecule has 21 heavy (non-hydrogen) atoms. The lowest BCUT2D eigenvalue weighted by Crippen LogP contribution is -2.46. The predicted molar refractivity (Wildman–Crippen MR) is 79.1 cm³/mol. The van der Waals surface area contributed by atoms with Gasteiger partial charge in [-0.2, -0.15) is 0 Å². The zero-order valence-corrected chi connectivity index (χ0v) is 11.9. The smallest absolute Gasteiger partial charge is 0.273 e. The van der Waals surface area contributed by atoms with E-state index in [2.05, 4.69) is 15.5 Å². The second-order valence-corrected chi connectivity index (χ2v) is 5.00. The third kappa shape index (κ3) is 4.80. The lowest BCUT2D eigenvalue weighted by molar-refractivity contribution is -0.385. The van der Waals surface area contributed by atoms with Crippen molar-refractivity contribution in [3.8, 4) is 0 Å². The molecule has 0 aliphatic carbocycles. The maximum atomic E-state index is 11.9. The zero-order valence-electron chi connectivity index (χ0n) is 11.9. The standard InChI is InChI=1S/C14H20N4O3/c19-14(16-7-10-17-8-5-15-6-9-17)11-12-3-1-2-4-13(12)18(20)21/h1-4,15H,5-11H2,(H,16,19). The van der Waals surface area contributed by atoms with Crippen molar-refractivity contribution in [2.24, 2.45) is 0 Å². The minimum Gasteiger partial charge on any atom is -0.355 e. The van der Waals surface area contributed by atoms with Crippen LogP contribution < -0.4 is 10.6 Å². The SMILES string of the molecule is O=C(Cc1ccccc1[N+](=O)[O-])NCCN1CCNCC1. The van der Waals surface area contributed by atoms with Crippen molar-refractivity contribution in [3.05, 3.63) is 39.9 Å². The fourth-order valence-electron chi connectivity index (χ4n) is 2.36. The van der Waals surface area contributed by atoms with Gasteiger partial charge in [0.05, 0.1) is 11.3 Å². The fourth-order valence-corrected chi connectivity index (χ4v) is 2.36. The molecule has 0 aromatic heterocycles. The summed E-state index contributed by atoms with van der Waals surface area (Å²) in [4.78, 5) is 24.6. The number of nitro groups is 1. The van der Waals surface area contributed by atoms with Crippen LogP contribution >= 0.6 is 0 Å². The Bertz CT molecular complexity index is 501. The van der Waals surface area contributed by atoms with E-state index in [0.717, 1.165) is 32.7 Å². The van der Waals surface area contributed by atoms with Gasteiger partial charge in [0, 0.05) is 50.9 Å². The topological polar surface area (TPSA) is 87.5 Å². The molecule has 2 N–H and O–H groups in total. The first-order chi connectivity index (χ1) is 10.2. The Labute approximate surface area is 123 Å². The van der Waals surface area contributed by atoms with Crippen LogP contribution in [0.3, 0.4) is 0 Å². The van der Waals surface area contributed by atoms with Crippen molar-refractivity contribution in [1.82, 2.24) is 15.5 Å². The molecule has 1 aromatic rings. The zero-order chi connectivity index (χ0) is 15.1. The average molecular weight is 292 g/mol. The summed E-state index contributed by atoms with van der Waals surface area (Å²) in [6.45, 7) is 5.30. The number of benzene rings is 1. The van der Waals surface area contributed by atoms with Gasteiger partial charge in [0.25, 0.3) is 5.69 Å². The summed E-state index contributed by atoms with van der Waals surface area (Å²) in [5.74, 6) is -0.181. The molecular formula is C14H20N4O3. The molecule has 0 saturated carbocycles. The minimum absolute atomic E-state index is 0.00486. The molecule has 0 unspecified atom stereocenters. The summed E-state index contributed by atoms with van der Waals surface area (Å²) < 4.78 is 0. The molecule has 114 valence electrons. The van der Waals surface area contributed by atoms with E-state index >= 15 is 0 Å². The third-order valence-corrected chi connectivity index (χ3v) is 3.50. The fraction of sp³-hybridized carbons (Fsp3) is 0.500. The average Bonchev–Trinajstić information content (AvgIpc) is 2.48. The number of nitro benzene ring substituents is 1. The molecule has 1 aromatic carbocycles. The second kappa shape index (κ2) is 7.70. The van der Waals surface area contributed by atoms with Crippen molar-refractivity contribution < 1.29 is 9.72 Å². The molecule has 7 nitrogen and oxygen atoms in total. The van der Waals surface area contributed by atoms with Crippen LogP contribution in [0.4, 0.5) is 5.69 Å². The number of amides is 1. The van der Waals surface area contributed by atoms with Crippen molar-refractivity contribution >= 4 is 11.6 Å². The quantitative estimate of drug-likeness (QED) is 0.576. The number of rotatable bonds is 6. The Hall–Kier alpha value is -1.99. The number of hydrogen-bond acceptors (Lipinski definition) is 5. The molecule has 1 aliphatic rings. The van der Waals surface area contributed by atoms with Crippen molar-refractivity contribution in [2.45, 2.75) is 6.42 Å². The van der Waals surface area contributed by atoms with Gasteiger partial charge in [0.1, 0.15) is 0 Å². The minimum atomic E-state index is -0.455. The number of para-hydroxylation sites is 1. The molecule has 2 rings (SSSR count). The third-order valence-electron chi connectivity index (χ3n) is 3.50. The summed E-state index contributed by atoms with van der Waals surface area (Å²) in [6, 6.07) is 6.34. The van der Waals surface area contributed by atoms with Gasteiger partial charge in [-0.05, 0) is 0 Å². The second-order valence-electron chi connectivity index (χ2n) is 5.00. The van der Waals surface area contributed by atoms with Crippen molar-refractivity contribution in [3.63, 3.8) is 0 Å². The van der Waals surface area contributed by atoms with Crippen LogP contribution in [0.25, 0.3) is 0 Å². The van der Waals surface area contributed by atoms with Gasteiger partial charge >= 0.3 is 0 Å². The molecule has 0 spiro atoms. The van der Waals surface area contributed by atoms with Gasteiger partial charge in [-0.1, -0.05) is 18.2 Å². The number of nitrogens with zero attached hydrogens (tertiary/aromatic N) is 2. The first kappa shape index (κ1) is 15.4. The van der Waals surface area contributed by atoms with E-state index in [0.29, 0.717) is 12.1 Å². The van der Waals surface area contributed by atoms with Gasteiger partial charge in [0.2, 0.25) is 5.91 Å². The summed E-state index contributed by atoms with van der Waals surface area (Å²) in [5.41, 5.74) is 0.442. The van der Waals surface area contributed by atoms with Gasteiger partial charge in [-0.3, -0.25) is 19.8 Å². The molecule has 1 saturated heterocycles. The maximum Gasteiger partial charge on any atom is 0.273 e. The van der Waals surface area contributed by atoms with E-state index in [1.165, 1.54) is 6.07 Å². The van der Waals surface area contributed by atoms with E-state index in [4.69, 9.17) is 0 Å². The van der Waals surface area contributed by atoms with Crippen LogP contribution in [0.15, 0.2) is 24.3 Å². The molecule has 0 bridgehead atoms. The van der Waals surface area contributed by atoms with Crippen LogP contribution in [0, 0.1) is 10.1 Å². The van der Waals surface area contributed by atoms with Crippen LogP contribution in [-0.2, 0) is 11.2 Å². The highest BCUT2D eigenvalue weighted by atomic mass is 16.6. The van der Waals surface area contributed by atoms with Crippen LogP contribution in [0.2, 0.25) is 0 Å². The monoisotopic (exact) mass is 292 g/mol. The first-order valence-corrected chi connectivity index (χ1v) is 7.09. The summed E-state index contributed by atoms with van der Waals surface area (Å²) in [7, 11) is 0. The molecule has 1 amide bonds. The highest BCUT2D eigenvalue weighted by molar-refractivity contribution is 5.79. The van der Waals surface area contributed by atoms with E-state index in [-0.39, 0.29) is 18.0 Å². The van der Waals surface area contributed by atoms with E-state index in [9.17, 15) is 14.9 Å². The van der Waals surface area contributed by atoms with E-state index in [1.807, 2.05) is 0 Å². The summed E-state index contributed by atoms with van der Waals surface area (Å²) in [5, 5.41) is 17.0. The Morgan fingerprint density at radius 2 is 2.05 bits per heavy atom. The van der Waals surface area contributed by atoms with Crippen molar-refractivity contribution in [2.75, 3.05) is 39.3 Å². The molecule has 1 aliphatic heterocycles. The van der Waals surface area contributed by atoms with Gasteiger partial charge < -0.3 is 10.6 Å². The van der Waals surface area contributed by atoms with Crippen molar-refractivity contribution in [1.29, 1.82) is 0 Å². The van der Waals surface area contributed by atoms with E-state index in [1.54, 1.807) is 18.2 Å². The van der Waals surface area contributed by atoms with E-state index < -0.39 is 4.92 Å². The van der Waals surface area contributed by atoms with Gasteiger partial charge in [-0.25, -0.2) is 0 Å². The largest absolute Gasteiger partial charge is 0.355 e. The number of piperazine rings is 1. The lowest BCUT2D eigenvalue weighted by Gasteiger charge is -2.27. The molecule has 0 radical (unpaired) electrons. The number of carbonyl (C=O) groups excluding carboxylic acids is 1. The lowest BCUT2D eigenvalue weighted by atomic mass is 10.1. The summed E-state index contributed by atoms with van der Waals surface area (Å²) in [6.07, 6.45) is 0.0404. The Kier molecular flexibility index (Phi) is 5.65. The van der Waals surface area contributed by atoms with Crippen LogP contribution in [0.1, 0.15) is 5.56 Å². The first-order valence-electron chi connectivity index (χ1n) is 7.09. The van der Waals surface area contributed by atoms with Gasteiger partial charge in [0.15, 0.2) is 0 Å². The Morgan fingerprint density at radius 1 is 1.33 bits per heavy atom. The highest BCUT2D eigenvalue weighted by Gasteiger charge is 2.15. The normalized spacial score (nSPS) is 15.6. The molecule has 7 heteroatoms. The summed E-state index contributed by atoms with van der Waals surface area (Å²) >= 11 is 0. The number of nitrogens with one attached hydrogen (secondary N) is 2. The van der Waals surface area contributed by atoms with Gasteiger partial charge in [-0.15, -0.1) is 0 Å². The molecule has 0 atom stereocenters. The number of hydrogen-bond donors (Lipinski definition) is 2. The maximum absolute atomic E-state index is 11.9. The molecular weight excluding hydrogens is 272 g/mol. The predicted octanol–water partition coefficient (Wildman–Crippen LogP) is 0.159. The Balaban J connectivity index is 1.78. The molecule has 1 fully saturated rings. The Morgan fingerprint density at radius 3 is 2.76 bits per heavy atom. The molecule has 1 heterocycles. The van der Waals surface area contributed by atoms with Crippen LogP contribution in [-0.4, -0.2) is 55.0 Å².